The van der Waals surface area contributed by atoms with E-state index in [-0.39, 0.29) is 11.8 Å². The number of carbonyl (C=O) groups is 3. The second-order valence-electron chi connectivity index (χ2n) is 5.76. The fourth-order valence-electron chi connectivity index (χ4n) is 1.60. The summed E-state index contributed by atoms with van der Waals surface area (Å²) in [5.41, 5.74) is 6.10. The number of benzene rings is 1. The third-order valence-electron chi connectivity index (χ3n) is 3.24. The van der Waals surface area contributed by atoms with Gasteiger partial charge in [0, 0.05) is 6.54 Å². The lowest BCUT2D eigenvalue weighted by Gasteiger charge is -2.07. The maximum atomic E-state index is 11.5. The zero-order valence-corrected chi connectivity index (χ0v) is 15.3. The number of carboxylic acid groups (broad SMARTS) is 2. The summed E-state index contributed by atoms with van der Waals surface area (Å²) in [6, 6.07) is 8.67. The summed E-state index contributed by atoms with van der Waals surface area (Å²) in [4.78, 5) is 32.0. The molecule has 0 fully saturated rings. The lowest BCUT2D eigenvalue weighted by Crippen LogP contribution is -2.34. The molecular formula is C17H26N2O5S. The van der Waals surface area contributed by atoms with Crippen molar-refractivity contribution in [1.29, 1.82) is 0 Å². The van der Waals surface area contributed by atoms with Crippen LogP contribution in [0.3, 0.4) is 0 Å². The number of carboxylic acids is 2. The highest BCUT2D eigenvalue weighted by Gasteiger charge is 2.14. The number of hydrogen-bond acceptors (Lipinski definition) is 5. The summed E-state index contributed by atoms with van der Waals surface area (Å²) in [6.07, 6.45) is 0.629. The average Bonchev–Trinajstić information content (AvgIpc) is 2.55. The van der Waals surface area contributed by atoms with E-state index in [0.29, 0.717) is 19.4 Å². The van der Waals surface area contributed by atoms with Gasteiger partial charge in [0.05, 0.1) is 6.42 Å². The normalized spacial score (nSPS) is 12.5. The van der Waals surface area contributed by atoms with Gasteiger partial charge in [0.15, 0.2) is 0 Å². The van der Waals surface area contributed by atoms with Gasteiger partial charge in [-0.1, -0.05) is 44.2 Å². The van der Waals surface area contributed by atoms with Crippen molar-refractivity contribution in [2.45, 2.75) is 38.0 Å². The first kappa shape index (κ1) is 22.9. The van der Waals surface area contributed by atoms with E-state index in [1.54, 1.807) is 13.8 Å². The molecule has 0 aliphatic carbocycles. The van der Waals surface area contributed by atoms with Crippen LogP contribution < -0.4 is 11.1 Å². The predicted octanol–water partition coefficient (Wildman–Crippen LogP) is 1.17. The molecule has 5 N–H and O–H groups in total. The fraction of sp³-hybridized carbons (Fsp3) is 0.471. The van der Waals surface area contributed by atoms with Gasteiger partial charge in [0.2, 0.25) is 5.91 Å². The molecule has 0 unspecified atom stereocenters. The molecule has 1 rings (SSSR count). The molecule has 1 amide bonds. The minimum absolute atomic E-state index is 0.0208. The Bertz CT molecular complexity index is 551. The molecule has 1 aromatic carbocycles. The van der Waals surface area contributed by atoms with E-state index in [0.717, 1.165) is 5.56 Å². The molecule has 0 aromatic heterocycles. The van der Waals surface area contributed by atoms with Crippen molar-refractivity contribution in [2.75, 3.05) is 6.54 Å². The summed E-state index contributed by atoms with van der Waals surface area (Å²) in [7, 11) is 0. The summed E-state index contributed by atoms with van der Waals surface area (Å²) in [6.45, 7) is 3.88. The molecule has 25 heavy (non-hydrogen) atoms. The van der Waals surface area contributed by atoms with Crippen LogP contribution in [0.25, 0.3) is 0 Å². The number of aliphatic carboxylic acids is 2. The molecule has 2 atom stereocenters. The van der Waals surface area contributed by atoms with Crippen LogP contribution in [0.4, 0.5) is 0 Å². The molecule has 0 aliphatic heterocycles. The van der Waals surface area contributed by atoms with E-state index in [2.05, 4.69) is 17.9 Å². The van der Waals surface area contributed by atoms with Gasteiger partial charge in [-0.25, -0.2) is 0 Å². The minimum Gasteiger partial charge on any atom is -0.480 e. The van der Waals surface area contributed by atoms with Crippen molar-refractivity contribution >= 4 is 30.5 Å². The van der Waals surface area contributed by atoms with E-state index in [9.17, 15) is 14.4 Å². The monoisotopic (exact) mass is 370 g/mol. The zero-order valence-electron chi connectivity index (χ0n) is 14.4. The van der Waals surface area contributed by atoms with Crippen LogP contribution in [-0.4, -0.2) is 45.9 Å². The second kappa shape index (κ2) is 12.3. The van der Waals surface area contributed by atoms with Crippen molar-refractivity contribution in [3.63, 3.8) is 0 Å². The first-order valence-corrected chi connectivity index (χ1v) is 8.36. The lowest BCUT2D eigenvalue weighted by atomic mass is 10.1. The number of amides is 1. The number of thiol groups is 1. The predicted molar refractivity (Wildman–Crippen MR) is 98.6 cm³/mol. The van der Waals surface area contributed by atoms with E-state index in [1.165, 1.54) is 0 Å². The van der Waals surface area contributed by atoms with Crippen molar-refractivity contribution < 1.29 is 24.6 Å². The summed E-state index contributed by atoms with van der Waals surface area (Å²) >= 11 is 3.88. The van der Waals surface area contributed by atoms with Gasteiger partial charge in [0.25, 0.3) is 0 Å². The Hall–Kier alpha value is -2.06. The van der Waals surface area contributed by atoms with E-state index in [4.69, 9.17) is 15.9 Å². The Morgan fingerprint density at radius 1 is 1.12 bits per heavy atom. The second-order valence-corrected chi connectivity index (χ2v) is 6.39. The van der Waals surface area contributed by atoms with Crippen molar-refractivity contribution in [3.8, 4) is 0 Å². The first-order valence-electron chi connectivity index (χ1n) is 7.85. The van der Waals surface area contributed by atoms with Crippen LogP contribution >= 0.6 is 12.6 Å². The lowest BCUT2D eigenvalue weighted by molar-refractivity contribution is -0.139. The van der Waals surface area contributed by atoms with Crippen molar-refractivity contribution in [1.82, 2.24) is 5.32 Å². The first-order chi connectivity index (χ1) is 11.6. The molecule has 140 valence electrons. The molecule has 0 radical (unpaired) electrons. The molecule has 0 spiro atoms. The molecule has 7 nitrogen and oxygen atoms in total. The van der Waals surface area contributed by atoms with Crippen LogP contribution in [0.2, 0.25) is 0 Å². The van der Waals surface area contributed by atoms with E-state index >= 15 is 0 Å². The van der Waals surface area contributed by atoms with Crippen LogP contribution in [0.5, 0.6) is 0 Å². The highest BCUT2D eigenvalue weighted by molar-refractivity contribution is 7.81. The van der Waals surface area contributed by atoms with E-state index < -0.39 is 23.2 Å². The number of nitrogens with two attached hydrogens (primary N) is 1. The molecule has 0 bridgehead atoms. The Labute approximate surface area is 153 Å². The topological polar surface area (TPSA) is 130 Å². The van der Waals surface area contributed by atoms with Gasteiger partial charge < -0.3 is 21.3 Å². The molecule has 8 heteroatoms. The largest absolute Gasteiger partial charge is 0.480 e. The number of nitrogens with one attached hydrogen (secondary N) is 1. The zero-order chi connectivity index (χ0) is 19.4. The molecule has 1 aromatic rings. The van der Waals surface area contributed by atoms with Crippen LogP contribution in [0.15, 0.2) is 30.3 Å². The summed E-state index contributed by atoms with van der Waals surface area (Å²) in [5, 5.41) is 18.8. The smallest absolute Gasteiger partial charge is 0.320 e. The maximum absolute atomic E-state index is 11.5. The summed E-state index contributed by atoms with van der Waals surface area (Å²) in [5.74, 6) is -1.99. The van der Waals surface area contributed by atoms with Gasteiger partial charge >= 0.3 is 11.9 Å². The molecule has 0 saturated carbocycles. The quantitative estimate of drug-likeness (QED) is 0.437. The number of rotatable bonds is 8. The SMILES string of the molecule is CC(C)[C@H](N)C(=O)O.O=C(Cc1ccccc1)NCC[C@H](S)C(=O)O. The fourth-order valence-corrected chi connectivity index (χ4v) is 1.73. The number of hydrogen-bond donors (Lipinski definition) is 5. The Morgan fingerprint density at radius 2 is 1.68 bits per heavy atom. The summed E-state index contributed by atoms with van der Waals surface area (Å²) < 4.78 is 0. The Balaban J connectivity index is 0.000000609. The van der Waals surface area contributed by atoms with Crippen molar-refractivity contribution in [3.05, 3.63) is 35.9 Å². The average molecular weight is 370 g/mol. The van der Waals surface area contributed by atoms with Gasteiger partial charge in [0.1, 0.15) is 11.3 Å². The molecular weight excluding hydrogens is 344 g/mol. The minimum atomic E-state index is -0.967. The van der Waals surface area contributed by atoms with Crippen LogP contribution in [0, 0.1) is 5.92 Å². The Kier molecular flexibility index (Phi) is 11.3. The maximum Gasteiger partial charge on any atom is 0.320 e. The van der Waals surface area contributed by atoms with Gasteiger partial charge in [-0.05, 0) is 17.9 Å². The molecule has 0 heterocycles. The number of carbonyl (C=O) groups excluding carboxylic acids is 1. The van der Waals surface area contributed by atoms with Gasteiger partial charge in [-0.2, -0.15) is 12.6 Å². The third kappa shape index (κ3) is 11.2. The van der Waals surface area contributed by atoms with Crippen LogP contribution in [0.1, 0.15) is 25.8 Å². The van der Waals surface area contributed by atoms with E-state index in [1.807, 2.05) is 30.3 Å². The Morgan fingerprint density at radius 3 is 2.08 bits per heavy atom. The van der Waals surface area contributed by atoms with Crippen LogP contribution in [-0.2, 0) is 20.8 Å². The molecule has 0 aliphatic rings. The van der Waals surface area contributed by atoms with Gasteiger partial charge in [-0.15, -0.1) is 0 Å². The highest BCUT2D eigenvalue weighted by atomic mass is 32.1. The highest BCUT2D eigenvalue weighted by Crippen LogP contribution is 2.01. The molecule has 0 saturated heterocycles. The third-order valence-corrected chi connectivity index (χ3v) is 3.71. The van der Waals surface area contributed by atoms with Gasteiger partial charge in [-0.3, -0.25) is 14.4 Å². The van der Waals surface area contributed by atoms with Crippen molar-refractivity contribution in [2.24, 2.45) is 11.7 Å². The standard InChI is InChI=1S/C12H15NO3S.C5H11NO2/c14-11(8-9-4-2-1-3-5-9)13-7-6-10(17)12(15)16;1-3(2)4(6)5(7)8/h1-5,10,17H,6-8H2,(H,13,14)(H,15,16);3-4H,6H2,1-2H3,(H,7,8)/t10-;4-/m00/s1.